The summed E-state index contributed by atoms with van der Waals surface area (Å²) < 4.78 is 1.52. The fourth-order valence-electron chi connectivity index (χ4n) is 2.47. The average Bonchev–Trinajstić information content (AvgIpc) is 3.16. The average molecular weight is 266 g/mol. The van der Waals surface area contributed by atoms with Gasteiger partial charge < -0.3 is 4.90 Å². The molecular formula is C15H14N4O. The van der Waals surface area contributed by atoms with Gasteiger partial charge in [-0.05, 0) is 25.0 Å². The minimum atomic E-state index is -0.0961. The molecule has 1 aromatic carbocycles. The maximum Gasteiger partial charge on any atom is 0.258 e. The predicted molar refractivity (Wildman–Crippen MR) is 73.4 cm³/mol. The highest BCUT2D eigenvalue weighted by atomic mass is 16.2. The third-order valence-corrected chi connectivity index (χ3v) is 3.50. The summed E-state index contributed by atoms with van der Waals surface area (Å²) in [6.07, 6.45) is 3.55. The van der Waals surface area contributed by atoms with E-state index in [9.17, 15) is 10.1 Å². The monoisotopic (exact) mass is 266 g/mol. The Kier molecular flexibility index (Phi) is 3.21. The van der Waals surface area contributed by atoms with E-state index in [1.54, 1.807) is 4.90 Å². The Morgan fingerprint density at radius 3 is 2.55 bits per heavy atom. The summed E-state index contributed by atoms with van der Waals surface area (Å²) in [7, 11) is 0. The van der Waals surface area contributed by atoms with Crippen LogP contribution in [0.4, 0.5) is 0 Å². The van der Waals surface area contributed by atoms with E-state index in [-0.39, 0.29) is 5.91 Å². The fraction of sp³-hybridized carbons (Fsp3) is 0.267. The molecule has 0 spiro atoms. The van der Waals surface area contributed by atoms with Gasteiger partial charge in [0.25, 0.3) is 5.91 Å². The molecule has 1 aromatic heterocycles. The predicted octanol–water partition coefficient (Wildman–Crippen LogP) is 1.98. The Morgan fingerprint density at radius 1 is 1.20 bits per heavy atom. The standard InChI is InChI=1S/C15H14N4O/c16-10-14-13(15(20)18-8-4-5-9-18)11-17-19(14)12-6-2-1-3-7-12/h1-3,6-7,11H,4-5,8-9H2. The number of hydrogen-bond acceptors (Lipinski definition) is 3. The van der Waals surface area contributed by atoms with E-state index in [0.717, 1.165) is 31.6 Å². The molecule has 2 aromatic rings. The lowest BCUT2D eigenvalue weighted by Gasteiger charge is -2.14. The SMILES string of the molecule is N#Cc1c(C(=O)N2CCCC2)cnn1-c1ccccc1. The van der Waals surface area contributed by atoms with Gasteiger partial charge in [-0.15, -0.1) is 0 Å². The summed E-state index contributed by atoms with van der Waals surface area (Å²) in [5.74, 6) is -0.0961. The molecule has 1 amide bonds. The van der Waals surface area contributed by atoms with Crippen molar-refractivity contribution < 1.29 is 4.79 Å². The van der Waals surface area contributed by atoms with Gasteiger partial charge in [0.1, 0.15) is 6.07 Å². The molecule has 1 aliphatic heterocycles. The number of rotatable bonds is 2. The Morgan fingerprint density at radius 2 is 1.90 bits per heavy atom. The van der Waals surface area contributed by atoms with Crippen LogP contribution in [-0.2, 0) is 0 Å². The minimum Gasteiger partial charge on any atom is -0.339 e. The number of amides is 1. The van der Waals surface area contributed by atoms with Crippen LogP contribution in [0.1, 0.15) is 28.9 Å². The number of benzene rings is 1. The first kappa shape index (κ1) is 12.4. The van der Waals surface area contributed by atoms with Crippen LogP contribution in [0.2, 0.25) is 0 Å². The van der Waals surface area contributed by atoms with Crippen molar-refractivity contribution in [3.05, 3.63) is 47.8 Å². The first-order chi connectivity index (χ1) is 9.81. The molecule has 0 bridgehead atoms. The van der Waals surface area contributed by atoms with Crippen LogP contribution in [0.25, 0.3) is 5.69 Å². The number of likely N-dealkylation sites (tertiary alicyclic amines) is 1. The third kappa shape index (κ3) is 2.05. The molecule has 0 N–H and O–H groups in total. The van der Waals surface area contributed by atoms with E-state index in [4.69, 9.17) is 0 Å². The Balaban J connectivity index is 2.00. The molecule has 2 heterocycles. The van der Waals surface area contributed by atoms with E-state index in [1.165, 1.54) is 10.9 Å². The number of carbonyl (C=O) groups excluding carboxylic acids is 1. The Bertz CT molecular complexity index is 663. The third-order valence-electron chi connectivity index (χ3n) is 3.50. The molecule has 0 saturated carbocycles. The number of carbonyl (C=O) groups is 1. The lowest BCUT2D eigenvalue weighted by molar-refractivity contribution is 0.0792. The second-order valence-corrected chi connectivity index (χ2v) is 4.77. The zero-order chi connectivity index (χ0) is 13.9. The number of nitrogens with zero attached hydrogens (tertiary/aromatic N) is 4. The second-order valence-electron chi connectivity index (χ2n) is 4.77. The van der Waals surface area contributed by atoms with Gasteiger partial charge in [-0.2, -0.15) is 10.4 Å². The van der Waals surface area contributed by atoms with Crippen molar-refractivity contribution in [2.45, 2.75) is 12.8 Å². The highest BCUT2D eigenvalue weighted by Crippen LogP contribution is 2.18. The molecule has 1 saturated heterocycles. The summed E-state index contributed by atoms with van der Waals surface area (Å²) in [5, 5.41) is 13.6. The fourth-order valence-corrected chi connectivity index (χ4v) is 2.47. The summed E-state index contributed by atoms with van der Waals surface area (Å²) in [6, 6.07) is 11.5. The molecule has 0 unspecified atom stereocenters. The van der Waals surface area contributed by atoms with Crippen LogP contribution in [0.5, 0.6) is 0 Å². The first-order valence-corrected chi connectivity index (χ1v) is 6.64. The van der Waals surface area contributed by atoms with E-state index in [1.807, 2.05) is 30.3 Å². The number of aromatic nitrogens is 2. The zero-order valence-electron chi connectivity index (χ0n) is 11.0. The lowest BCUT2D eigenvalue weighted by Crippen LogP contribution is -2.28. The topological polar surface area (TPSA) is 61.9 Å². The molecule has 3 rings (SSSR count). The van der Waals surface area contributed by atoms with Crippen molar-refractivity contribution >= 4 is 5.91 Å². The van der Waals surface area contributed by atoms with Gasteiger partial charge in [0.15, 0.2) is 5.69 Å². The molecule has 5 nitrogen and oxygen atoms in total. The molecule has 20 heavy (non-hydrogen) atoms. The van der Waals surface area contributed by atoms with Gasteiger partial charge in [-0.1, -0.05) is 18.2 Å². The normalized spacial score (nSPS) is 14.2. The zero-order valence-corrected chi connectivity index (χ0v) is 11.0. The van der Waals surface area contributed by atoms with E-state index in [2.05, 4.69) is 11.2 Å². The van der Waals surface area contributed by atoms with Crippen LogP contribution in [0, 0.1) is 11.3 Å². The Labute approximate surface area is 117 Å². The molecule has 0 radical (unpaired) electrons. The van der Waals surface area contributed by atoms with Gasteiger partial charge in [0.05, 0.1) is 17.4 Å². The van der Waals surface area contributed by atoms with Gasteiger partial charge in [-0.25, -0.2) is 4.68 Å². The van der Waals surface area contributed by atoms with Gasteiger partial charge in [0.2, 0.25) is 0 Å². The first-order valence-electron chi connectivity index (χ1n) is 6.64. The molecule has 0 atom stereocenters. The van der Waals surface area contributed by atoms with Crippen LogP contribution in [-0.4, -0.2) is 33.7 Å². The van der Waals surface area contributed by atoms with Crippen molar-refractivity contribution in [1.29, 1.82) is 5.26 Å². The molecule has 100 valence electrons. The smallest absolute Gasteiger partial charge is 0.258 e. The maximum absolute atomic E-state index is 12.4. The molecule has 1 fully saturated rings. The minimum absolute atomic E-state index is 0.0961. The highest BCUT2D eigenvalue weighted by Gasteiger charge is 2.25. The van der Waals surface area contributed by atoms with Crippen LogP contribution < -0.4 is 0 Å². The maximum atomic E-state index is 12.4. The second kappa shape index (κ2) is 5.17. The van der Waals surface area contributed by atoms with Crippen LogP contribution in [0.3, 0.4) is 0 Å². The van der Waals surface area contributed by atoms with Crippen molar-refractivity contribution in [3.63, 3.8) is 0 Å². The summed E-state index contributed by atoms with van der Waals surface area (Å²) >= 11 is 0. The van der Waals surface area contributed by atoms with Crippen LogP contribution >= 0.6 is 0 Å². The van der Waals surface area contributed by atoms with Gasteiger partial charge in [-0.3, -0.25) is 4.79 Å². The summed E-state index contributed by atoms with van der Waals surface area (Å²) in [5.41, 5.74) is 1.47. The highest BCUT2D eigenvalue weighted by molar-refractivity contribution is 5.96. The van der Waals surface area contributed by atoms with Crippen molar-refractivity contribution in [1.82, 2.24) is 14.7 Å². The van der Waals surface area contributed by atoms with Crippen LogP contribution in [0.15, 0.2) is 36.5 Å². The molecule has 1 aliphatic rings. The van der Waals surface area contributed by atoms with Gasteiger partial charge in [0, 0.05) is 13.1 Å². The van der Waals surface area contributed by atoms with E-state index < -0.39 is 0 Å². The molecular weight excluding hydrogens is 252 g/mol. The largest absolute Gasteiger partial charge is 0.339 e. The Hall–Kier alpha value is -2.61. The van der Waals surface area contributed by atoms with E-state index in [0.29, 0.717) is 11.3 Å². The lowest BCUT2D eigenvalue weighted by atomic mass is 10.2. The van der Waals surface area contributed by atoms with E-state index >= 15 is 0 Å². The molecule has 0 aliphatic carbocycles. The van der Waals surface area contributed by atoms with Crippen molar-refractivity contribution in [2.24, 2.45) is 0 Å². The van der Waals surface area contributed by atoms with Crippen molar-refractivity contribution in [3.8, 4) is 11.8 Å². The summed E-state index contributed by atoms with van der Waals surface area (Å²) in [4.78, 5) is 14.2. The quantitative estimate of drug-likeness (QED) is 0.835. The number of para-hydroxylation sites is 1. The molecule has 5 heteroatoms. The van der Waals surface area contributed by atoms with Crippen molar-refractivity contribution in [2.75, 3.05) is 13.1 Å². The van der Waals surface area contributed by atoms with Gasteiger partial charge >= 0.3 is 0 Å². The number of hydrogen-bond donors (Lipinski definition) is 0. The summed E-state index contributed by atoms with van der Waals surface area (Å²) in [6.45, 7) is 1.53. The number of nitriles is 1.